The summed E-state index contributed by atoms with van der Waals surface area (Å²) in [5.41, 5.74) is 0.553. The van der Waals surface area contributed by atoms with Crippen LogP contribution in [0.3, 0.4) is 0 Å². The van der Waals surface area contributed by atoms with Crippen LogP contribution in [0.2, 0.25) is 0 Å². The van der Waals surface area contributed by atoms with Crippen molar-refractivity contribution in [2.24, 2.45) is 0 Å². The zero-order valence-electron chi connectivity index (χ0n) is 10.7. The molecule has 4 nitrogen and oxygen atoms in total. The number of ether oxygens (including phenoxy) is 1. The molecule has 20 heavy (non-hydrogen) atoms. The Morgan fingerprint density at radius 1 is 1.40 bits per heavy atom. The number of carbonyl (C=O) groups is 1. The third-order valence-corrected chi connectivity index (χ3v) is 3.68. The molecule has 0 spiro atoms. The van der Waals surface area contributed by atoms with Gasteiger partial charge in [-0.05, 0) is 18.2 Å². The number of rotatable bonds is 5. The van der Waals surface area contributed by atoms with Crippen molar-refractivity contribution in [1.29, 1.82) is 0 Å². The van der Waals surface area contributed by atoms with E-state index in [4.69, 9.17) is 9.84 Å². The molecule has 0 bridgehead atoms. The van der Waals surface area contributed by atoms with Crippen LogP contribution in [0.5, 0.6) is 5.75 Å². The molecule has 0 aliphatic rings. The maximum absolute atomic E-state index is 14.0. The molecule has 6 heteroatoms. The number of hydrogen-bond acceptors (Lipinski definition) is 4. The van der Waals surface area contributed by atoms with Gasteiger partial charge in [-0.15, -0.1) is 11.8 Å². The number of carboxylic acid groups (broad SMARTS) is 1. The number of halogens is 1. The van der Waals surface area contributed by atoms with Gasteiger partial charge in [-0.1, -0.05) is 12.1 Å². The first kappa shape index (κ1) is 14.3. The predicted molar refractivity (Wildman–Crippen MR) is 73.7 cm³/mol. The molecule has 0 amide bonds. The molecular weight excluding hydrogens is 281 g/mol. The highest BCUT2D eigenvalue weighted by atomic mass is 32.2. The Balaban J connectivity index is 2.19. The molecule has 1 aromatic heterocycles. The zero-order chi connectivity index (χ0) is 14.5. The van der Waals surface area contributed by atoms with Gasteiger partial charge in [0, 0.05) is 17.5 Å². The van der Waals surface area contributed by atoms with E-state index in [0.29, 0.717) is 10.6 Å². The van der Waals surface area contributed by atoms with Crippen molar-refractivity contribution in [2.75, 3.05) is 7.11 Å². The Hall–Kier alpha value is -2.08. The summed E-state index contributed by atoms with van der Waals surface area (Å²) in [7, 11) is 1.40. The largest absolute Gasteiger partial charge is 0.494 e. The van der Waals surface area contributed by atoms with Crippen LogP contribution in [0.25, 0.3) is 0 Å². The molecule has 0 fully saturated rings. The molecule has 2 aromatic rings. The van der Waals surface area contributed by atoms with E-state index >= 15 is 0 Å². The molecular formula is C14H12FNO3S. The lowest BCUT2D eigenvalue weighted by molar-refractivity contribution is 0.0692. The summed E-state index contributed by atoms with van der Waals surface area (Å²) < 4.78 is 18.9. The second kappa shape index (κ2) is 6.38. The minimum Gasteiger partial charge on any atom is -0.494 e. The summed E-state index contributed by atoms with van der Waals surface area (Å²) in [6.45, 7) is 0. The first-order chi connectivity index (χ1) is 9.63. The van der Waals surface area contributed by atoms with Crippen molar-refractivity contribution in [3.05, 3.63) is 53.5 Å². The van der Waals surface area contributed by atoms with Gasteiger partial charge in [-0.2, -0.15) is 0 Å². The summed E-state index contributed by atoms with van der Waals surface area (Å²) in [5, 5.41) is 9.42. The molecule has 2 rings (SSSR count). The Labute approximate surface area is 119 Å². The number of thioether (sulfide) groups is 1. The van der Waals surface area contributed by atoms with Gasteiger partial charge in [-0.25, -0.2) is 14.2 Å². The molecule has 1 heterocycles. The van der Waals surface area contributed by atoms with Gasteiger partial charge < -0.3 is 9.84 Å². The van der Waals surface area contributed by atoms with E-state index in [9.17, 15) is 9.18 Å². The monoisotopic (exact) mass is 293 g/mol. The average Bonchev–Trinajstić information content (AvgIpc) is 2.46. The first-order valence-electron chi connectivity index (χ1n) is 5.76. The second-order valence-corrected chi connectivity index (χ2v) is 4.85. The van der Waals surface area contributed by atoms with Crippen molar-refractivity contribution in [3.63, 3.8) is 0 Å². The van der Waals surface area contributed by atoms with E-state index in [1.807, 2.05) is 0 Å². The fourth-order valence-electron chi connectivity index (χ4n) is 1.64. The van der Waals surface area contributed by atoms with Crippen LogP contribution in [0.1, 0.15) is 15.9 Å². The highest BCUT2D eigenvalue weighted by Gasteiger charge is 2.13. The molecule has 0 aliphatic carbocycles. The molecule has 0 unspecified atom stereocenters. The number of hydrogen-bond donors (Lipinski definition) is 1. The lowest BCUT2D eigenvalue weighted by Crippen LogP contribution is -2.00. The van der Waals surface area contributed by atoms with E-state index in [0.717, 1.165) is 0 Å². The quantitative estimate of drug-likeness (QED) is 0.858. The van der Waals surface area contributed by atoms with Gasteiger partial charge in [0.25, 0.3) is 0 Å². The molecule has 0 atom stereocenters. The lowest BCUT2D eigenvalue weighted by Gasteiger charge is -2.08. The van der Waals surface area contributed by atoms with Gasteiger partial charge in [-0.3, -0.25) is 0 Å². The standard InChI is InChI=1S/C14H12FNO3S/c1-19-11-6-2-4-9(12(11)15)8-20-13-10(14(17)18)5-3-7-16-13/h2-7H,8H2,1H3,(H,17,18). The van der Waals surface area contributed by atoms with Crippen molar-refractivity contribution in [2.45, 2.75) is 10.8 Å². The fraction of sp³-hybridized carbons (Fsp3) is 0.143. The van der Waals surface area contributed by atoms with Crippen LogP contribution in [0, 0.1) is 5.82 Å². The van der Waals surface area contributed by atoms with Crippen LogP contribution >= 0.6 is 11.8 Å². The third kappa shape index (κ3) is 3.08. The number of benzene rings is 1. The van der Waals surface area contributed by atoms with E-state index in [1.54, 1.807) is 18.2 Å². The van der Waals surface area contributed by atoms with Crippen molar-refractivity contribution < 1.29 is 19.0 Å². The van der Waals surface area contributed by atoms with E-state index in [-0.39, 0.29) is 17.1 Å². The topological polar surface area (TPSA) is 59.4 Å². The second-order valence-electron chi connectivity index (χ2n) is 3.88. The number of aromatic nitrogens is 1. The van der Waals surface area contributed by atoms with Crippen LogP contribution in [-0.4, -0.2) is 23.2 Å². The van der Waals surface area contributed by atoms with Gasteiger partial charge in [0.2, 0.25) is 0 Å². The predicted octanol–water partition coefficient (Wildman–Crippen LogP) is 3.22. The Morgan fingerprint density at radius 3 is 2.90 bits per heavy atom. The number of aromatic carboxylic acids is 1. The van der Waals surface area contributed by atoms with Crippen molar-refractivity contribution >= 4 is 17.7 Å². The first-order valence-corrected chi connectivity index (χ1v) is 6.74. The fourth-order valence-corrected chi connectivity index (χ4v) is 2.60. The van der Waals surface area contributed by atoms with Crippen molar-refractivity contribution in [3.8, 4) is 5.75 Å². The van der Waals surface area contributed by atoms with Crippen LogP contribution in [0.4, 0.5) is 4.39 Å². The van der Waals surface area contributed by atoms with Crippen molar-refractivity contribution in [1.82, 2.24) is 4.98 Å². The highest BCUT2D eigenvalue weighted by Crippen LogP contribution is 2.28. The number of carboxylic acids is 1. The van der Waals surface area contributed by atoms with E-state index in [1.165, 1.54) is 37.2 Å². The number of pyridine rings is 1. The summed E-state index contributed by atoms with van der Waals surface area (Å²) in [6.07, 6.45) is 1.51. The molecule has 0 aliphatic heterocycles. The van der Waals surface area contributed by atoms with Gasteiger partial charge in [0.15, 0.2) is 11.6 Å². The number of methoxy groups -OCH3 is 1. The van der Waals surface area contributed by atoms with E-state index in [2.05, 4.69) is 4.98 Å². The molecule has 1 aromatic carbocycles. The Bertz CT molecular complexity index is 634. The zero-order valence-corrected chi connectivity index (χ0v) is 11.5. The third-order valence-electron chi connectivity index (χ3n) is 2.63. The number of nitrogens with zero attached hydrogens (tertiary/aromatic N) is 1. The van der Waals surface area contributed by atoms with Gasteiger partial charge in [0.1, 0.15) is 5.03 Å². The van der Waals surface area contributed by atoms with Gasteiger partial charge in [0.05, 0.1) is 12.7 Å². The molecule has 104 valence electrons. The van der Waals surface area contributed by atoms with E-state index < -0.39 is 11.8 Å². The Kier molecular flexibility index (Phi) is 4.57. The molecule has 0 saturated carbocycles. The lowest BCUT2D eigenvalue weighted by atomic mass is 10.2. The summed E-state index contributed by atoms with van der Waals surface area (Å²) >= 11 is 1.17. The summed E-state index contributed by atoms with van der Waals surface area (Å²) in [4.78, 5) is 15.1. The minimum absolute atomic E-state index is 0.112. The van der Waals surface area contributed by atoms with Crippen LogP contribution in [0.15, 0.2) is 41.6 Å². The maximum atomic E-state index is 14.0. The smallest absolute Gasteiger partial charge is 0.338 e. The van der Waals surface area contributed by atoms with Crippen LogP contribution < -0.4 is 4.74 Å². The summed E-state index contributed by atoms with van der Waals surface area (Å²) in [5.74, 6) is -1.04. The Morgan fingerprint density at radius 2 is 2.20 bits per heavy atom. The maximum Gasteiger partial charge on any atom is 0.338 e. The minimum atomic E-state index is -1.05. The molecule has 0 radical (unpaired) electrons. The average molecular weight is 293 g/mol. The van der Waals surface area contributed by atoms with Gasteiger partial charge >= 0.3 is 5.97 Å². The summed E-state index contributed by atoms with van der Waals surface area (Å²) in [6, 6.07) is 7.88. The molecule has 1 N–H and O–H groups in total. The SMILES string of the molecule is COc1cccc(CSc2ncccc2C(=O)O)c1F. The normalized spacial score (nSPS) is 10.3. The highest BCUT2D eigenvalue weighted by molar-refractivity contribution is 7.98. The van der Waals surface area contributed by atoms with Crippen LogP contribution in [-0.2, 0) is 5.75 Å². The molecule has 0 saturated heterocycles.